The van der Waals surface area contributed by atoms with Gasteiger partial charge in [-0.3, -0.25) is 4.99 Å². The van der Waals surface area contributed by atoms with E-state index in [1.165, 1.54) is 0 Å². The van der Waals surface area contributed by atoms with Crippen LogP contribution in [0.1, 0.15) is 0 Å². The summed E-state index contributed by atoms with van der Waals surface area (Å²) in [6.45, 7) is 0. The number of allylic oxidation sites excluding steroid dienone is 2. The molecule has 0 amide bonds. The van der Waals surface area contributed by atoms with Crippen molar-refractivity contribution in [3.8, 4) is 0 Å². The molecule has 10 heavy (non-hydrogen) atoms. The smallest absolute Gasteiger partial charge is 0.102 e. The van der Waals surface area contributed by atoms with E-state index in [4.69, 9.17) is 0 Å². The number of hydrazine groups is 1. The Hall–Kier alpha value is -1.58. The van der Waals surface area contributed by atoms with Gasteiger partial charge in [-0.2, -0.15) is 5.10 Å². The maximum Gasteiger partial charge on any atom is 0.102 e. The van der Waals surface area contributed by atoms with Gasteiger partial charge in [-0.1, -0.05) is 0 Å². The van der Waals surface area contributed by atoms with Crippen molar-refractivity contribution in [2.24, 2.45) is 10.1 Å². The van der Waals surface area contributed by atoms with Crippen LogP contribution in [0.25, 0.3) is 0 Å². The minimum atomic E-state index is 0.949. The van der Waals surface area contributed by atoms with Gasteiger partial charge in [0.05, 0.1) is 12.4 Å². The summed E-state index contributed by atoms with van der Waals surface area (Å²) in [5.74, 6) is 0. The second-order valence-corrected chi connectivity index (χ2v) is 1.92. The van der Waals surface area contributed by atoms with Crippen LogP contribution >= 0.6 is 0 Å². The average molecular weight is 134 g/mol. The molecule has 0 aromatic carbocycles. The van der Waals surface area contributed by atoms with Gasteiger partial charge >= 0.3 is 0 Å². The van der Waals surface area contributed by atoms with Crippen molar-refractivity contribution in [1.29, 1.82) is 0 Å². The molecule has 0 saturated carbocycles. The normalized spacial score (nSPS) is 20.0. The zero-order valence-electron chi connectivity index (χ0n) is 5.23. The Kier molecular flexibility index (Phi) is 1.04. The lowest BCUT2D eigenvalue weighted by Crippen LogP contribution is -2.21. The molecule has 2 rings (SSSR count). The van der Waals surface area contributed by atoms with Crippen LogP contribution in [0.5, 0.6) is 0 Å². The van der Waals surface area contributed by atoms with Crippen molar-refractivity contribution in [2.45, 2.75) is 0 Å². The van der Waals surface area contributed by atoms with Crippen LogP contribution in [0, 0.1) is 0 Å². The number of hydrogen-bond donors (Lipinski definition) is 1. The Morgan fingerprint density at radius 1 is 1.50 bits per heavy atom. The van der Waals surface area contributed by atoms with Gasteiger partial charge in [-0.25, -0.2) is 10.5 Å². The van der Waals surface area contributed by atoms with Gasteiger partial charge in [-0.05, 0) is 6.08 Å². The van der Waals surface area contributed by atoms with Crippen molar-refractivity contribution in [3.63, 3.8) is 0 Å². The minimum Gasteiger partial charge on any atom is -0.262 e. The highest BCUT2D eigenvalue weighted by atomic mass is 15.7. The first-order chi connectivity index (χ1) is 4.97. The zero-order chi connectivity index (χ0) is 6.81. The number of fused-ring (bicyclic) bond motifs is 1. The summed E-state index contributed by atoms with van der Waals surface area (Å²) < 4.78 is 0. The quantitative estimate of drug-likeness (QED) is 0.515. The molecule has 1 N–H and O–H groups in total. The third kappa shape index (κ3) is 0.699. The molecule has 0 unspecified atom stereocenters. The zero-order valence-corrected chi connectivity index (χ0v) is 5.23. The minimum absolute atomic E-state index is 0.949. The molecular weight excluding hydrogens is 128 g/mol. The highest BCUT2D eigenvalue weighted by molar-refractivity contribution is 5.81. The van der Waals surface area contributed by atoms with Crippen LogP contribution in [0.3, 0.4) is 0 Å². The number of aliphatic imine (C=N–C) groups is 1. The first-order valence-electron chi connectivity index (χ1n) is 2.95. The molecule has 2 heterocycles. The Balaban J connectivity index is 2.36. The van der Waals surface area contributed by atoms with Gasteiger partial charge in [0.1, 0.15) is 5.70 Å². The molecule has 0 fully saturated rings. The van der Waals surface area contributed by atoms with Crippen molar-refractivity contribution >= 4 is 12.4 Å². The highest BCUT2D eigenvalue weighted by Crippen LogP contribution is 2.06. The Morgan fingerprint density at radius 2 is 2.50 bits per heavy atom. The van der Waals surface area contributed by atoms with E-state index >= 15 is 0 Å². The van der Waals surface area contributed by atoms with E-state index in [2.05, 4.69) is 15.6 Å². The second-order valence-electron chi connectivity index (χ2n) is 1.92. The Bertz CT molecular complexity index is 248. The monoisotopic (exact) mass is 134 g/mol. The topological polar surface area (TPSA) is 40.0 Å². The van der Waals surface area contributed by atoms with Gasteiger partial charge < -0.3 is 0 Å². The second kappa shape index (κ2) is 1.98. The van der Waals surface area contributed by atoms with E-state index in [-0.39, 0.29) is 0 Å². The largest absolute Gasteiger partial charge is 0.262 e. The summed E-state index contributed by atoms with van der Waals surface area (Å²) in [6, 6.07) is 0. The SMILES string of the molecule is C1=CN2NN=CC2=CN=C1. The molecule has 0 bridgehead atoms. The molecule has 2 aliphatic rings. The summed E-state index contributed by atoms with van der Waals surface area (Å²) in [5.41, 5.74) is 3.72. The summed E-state index contributed by atoms with van der Waals surface area (Å²) >= 11 is 0. The summed E-state index contributed by atoms with van der Waals surface area (Å²) in [6.07, 6.45) is 8.87. The predicted octanol–water partition coefficient (Wildman–Crippen LogP) is 0.232. The van der Waals surface area contributed by atoms with Crippen LogP contribution in [0.2, 0.25) is 0 Å². The first kappa shape index (κ1) is 5.22. The number of hydrogen-bond acceptors (Lipinski definition) is 4. The molecule has 0 atom stereocenters. The summed E-state index contributed by atoms with van der Waals surface area (Å²) in [4.78, 5) is 3.97. The highest BCUT2D eigenvalue weighted by Gasteiger charge is 2.08. The maximum atomic E-state index is 3.97. The van der Waals surface area contributed by atoms with E-state index in [9.17, 15) is 0 Å². The van der Waals surface area contributed by atoms with E-state index in [1.54, 1.807) is 23.6 Å². The van der Waals surface area contributed by atoms with Gasteiger partial charge in [0.15, 0.2) is 0 Å². The molecule has 0 aromatic heterocycles. The molecule has 0 spiro atoms. The molecule has 50 valence electrons. The Labute approximate surface area is 58.2 Å². The lowest BCUT2D eigenvalue weighted by atomic mass is 10.5. The van der Waals surface area contributed by atoms with E-state index in [0.717, 1.165) is 5.70 Å². The average Bonchev–Trinajstić information content (AvgIpc) is 2.28. The lowest BCUT2D eigenvalue weighted by Gasteiger charge is -2.09. The number of nitrogens with one attached hydrogen (secondary N) is 1. The van der Waals surface area contributed by atoms with Crippen LogP contribution < -0.4 is 5.53 Å². The van der Waals surface area contributed by atoms with Gasteiger partial charge in [0, 0.05) is 12.4 Å². The van der Waals surface area contributed by atoms with Gasteiger partial charge in [0.2, 0.25) is 0 Å². The fourth-order valence-electron chi connectivity index (χ4n) is 0.786. The summed E-state index contributed by atoms with van der Waals surface area (Å²) in [5, 5.41) is 5.61. The van der Waals surface area contributed by atoms with Gasteiger partial charge in [0.25, 0.3) is 0 Å². The molecule has 0 aromatic rings. The molecule has 0 aliphatic carbocycles. The summed E-state index contributed by atoms with van der Waals surface area (Å²) in [7, 11) is 0. The van der Waals surface area contributed by atoms with Crippen molar-refractivity contribution in [1.82, 2.24) is 10.5 Å². The van der Waals surface area contributed by atoms with E-state index < -0.39 is 0 Å². The molecule has 4 nitrogen and oxygen atoms in total. The molecular formula is C6H6N4. The number of hydrazone groups is 1. The van der Waals surface area contributed by atoms with Crippen LogP contribution in [-0.2, 0) is 0 Å². The first-order valence-corrected chi connectivity index (χ1v) is 2.95. The van der Waals surface area contributed by atoms with Gasteiger partial charge in [-0.15, -0.1) is 0 Å². The third-order valence-corrected chi connectivity index (χ3v) is 1.25. The van der Waals surface area contributed by atoms with E-state index in [1.807, 2.05) is 12.3 Å². The van der Waals surface area contributed by atoms with Crippen molar-refractivity contribution < 1.29 is 0 Å². The lowest BCUT2D eigenvalue weighted by molar-refractivity contribution is 0.388. The molecule has 4 heteroatoms. The van der Waals surface area contributed by atoms with Crippen LogP contribution in [0.4, 0.5) is 0 Å². The molecule has 2 aliphatic heterocycles. The predicted molar refractivity (Wildman–Crippen MR) is 39.2 cm³/mol. The van der Waals surface area contributed by atoms with E-state index in [0.29, 0.717) is 0 Å². The Morgan fingerprint density at radius 3 is 3.50 bits per heavy atom. The van der Waals surface area contributed by atoms with Crippen molar-refractivity contribution in [2.75, 3.05) is 0 Å². The standard InChI is InChI=1S/C6H6N4/c1-2-7-4-6-5-8-9-10(6)3-1/h1-5,9H. The number of nitrogens with zero attached hydrogens (tertiary/aromatic N) is 3. The molecule has 0 saturated heterocycles. The van der Waals surface area contributed by atoms with Crippen LogP contribution in [-0.4, -0.2) is 17.4 Å². The maximum absolute atomic E-state index is 3.97. The fourth-order valence-corrected chi connectivity index (χ4v) is 0.786. The third-order valence-electron chi connectivity index (χ3n) is 1.25. The fraction of sp³-hybridized carbons (Fsp3) is 0. The molecule has 0 radical (unpaired) electrons. The van der Waals surface area contributed by atoms with Crippen LogP contribution in [0.15, 0.2) is 34.3 Å². The number of rotatable bonds is 0. The van der Waals surface area contributed by atoms with Crippen molar-refractivity contribution in [3.05, 3.63) is 24.2 Å².